The normalized spacial score (nSPS) is 11.7. The van der Waals surface area contributed by atoms with E-state index >= 15 is 0 Å². The van der Waals surface area contributed by atoms with E-state index in [0.29, 0.717) is 0 Å². The van der Waals surface area contributed by atoms with E-state index < -0.39 is 0 Å². The predicted molar refractivity (Wildman–Crippen MR) is 93.8 cm³/mol. The average molecular weight is 365 g/mol. The van der Waals surface area contributed by atoms with E-state index in [-0.39, 0.29) is 5.54 Å². The first kappa shape index (κ1) is 16.5. The third-order valence-corrected chi connectivity index (χ3v) is 5.09. The number of halogens is 1. The number of hydrogen-bond donors (Lipinski definition) is 1. The summed E-state index contributed by atoms with van der Waals surface area (Å²) in [6, 6.07) is 10.6. The van der Waals surface area contributed by atoms with E-state index in [1.807, 2.05) is 18.3 Å². The zero-order chi connectivity index (χ0) is 15.5. The Hall–Kier alpha value is -0.840. The molecule has 2 aromatic rings. The highest BCUT2D eigenvalue weighted by atomic mass is 79.9. The van der Waals surface area contributed by atoms with Crippen molar-refractivity contribution >= 4 is 27.7 Å². The summed E-state index contributed by atoms with van der Waals surface area (Å²) in [5, 5.41) is 4.52. The van der Waals surface area contributed by atoms with E-state index in [0.717, 1.165) is 16.0 Å². The van der Waals surface area contributed by atoms with Crippen molar-refractivity contribution in [1.82, 2.24) is 10.3 Å². The molecule has 0 fully saturated rings. The topological polar surface area (TPSA) is 24.9 Å². The van der Waals surface area contributed by atoms with E-state index in [9.17, 15) is 0 Å². The molecule has 4 heteroatoms. The van der Waals surface area contributed by atoms with Gasteiger partial charge in [0.15, 0.2) is 0 Å². The molecule has 0 aliphatic rings. The van der Waals surface area contributed by atoms with Crippen LogP contribution in [0.15, 0.2) is 50.9 Å². The molecule has 1 N–H and O–H groups in total. The van der Waals surface area contributed by atoms with Crippen molar-refractivity contribution in [2.45, 2.75) is 49.7 Å². The van der Waals surface area contributed by atoms with Crippen LogP contribution in [-0.4, -0.2) is 10.5 Å². The predicted octanol–water partition coefficient (Wildman–Crippen LogP) is 5.19. The summed E-state index contributed by atoms with van der Waals surface area (Å²) in [6.07, 6.45) is 1.82. The van der Waals surface area contributed by atoms with Gasteiger partial charge in [-0.2, -0.15) is 0 Å². The fourth-order valence-corrected chi connectivity index (χ4v) is 3.19. The molecule has 0 saturated carbocycles. The standard InChI is InChI=1S/C17H21BrN2S/c1-12-10-13(11-20-17(2,3)4)7-8-15(12)21-16-14(18)6-5-9-19-16/h5-10,20H,11H2,1-4H3. The van der Waals surface area contributed by atoms with Crippen molar-refractivity contribution in [1.29, 1.82) is 0 Å². The number of rotatable bonds is 4. The first-order chi connectivity index (χ1) is 9.85. The first-order valence-electron chi connectivity index (χ1n) is 6.98. The molecular weight excluding hydrogens is 344 g/mol. The number of aryl methyl sites for hydroxylation is 1. The Kier molecular flexibility index (Phi) is 5.47. The molecule has 0 bridgehead atoms. The second-order valence-electron chi connectivity index (χ2n) is 6.10. The monoisotopic (exact) mass is 364 g/mol. The van der Waals surface area contributed by atoms with Gasteiger partial charge in [-0.3, -0.25) is 0 Å². The third kappa shape index (κ3) is 5.13. The van der Waals surface area contributed by atoms with Crippen LogP contribution in [0.1, 0.15) is 31.9 Å². The quantitative estimate of drug-likeness (QED) is 0.807. The highest BCUT2D eigenvalue weighted by molar-refractivity contribution is 9.10. The van der Waals surface area contributed by atoms with Gasteiger partial charge in [0.2, 0.25) is 0 Å². The summed E-state index contributed by atoms with van der Waals surface area (Å²) >= 11 is 5.24. The molecular formula is C17H21BrN2S. The maximum absolute atomic E-state index is 4.41. The molecule has 2 rings (SSSR count). The fourth-order valence-electron chi connectivity index (χ4n) is 1.85. The van der Waals surface area contributed by atoms with Crippen molar-refractivity contribution in [3.05, 3.63) is 52.1 Å². The van der Waals surface area contributed by atoms with Crippen molar-refractivity contribution in [3.8, 4) is 0 Å². The zero-order valence-corrected chi connectivity index (χ0v) is 15.3. The van der Waals surface area contributed by atoms with E-state index in [1.54, 1.807) is 11.8 Å². The Bertz CT molecular complexity index is 620. The Balaban J connectivity index is 2.11. The lowest BCUT2D eigenvalue weighted by molar-refractivity contribution is 0.424. The molecule has 0 saturated heterocycles. The van der Waals surface area contributed by atoms with E-state index in [1.165, 1.54) is 16.0 Å². The van der Waals surface area contributed by atoms with Crippen LogP contribution >= 0.6 is 27.7 Å². The van der Waals surface area contributed by atoms with Crippen LogP contribution in [0.5, 0.6) is 0 Å². The molecule has 0 unspecified atom stereocenters. The van der Waals surface area contributed by atoms with Crippen LogP contribution < -0.4 is 5.32 Å². The molecule has 1 aromatic heterocycles. The molecule has 21 heavy (non-hydrogen) atoms. The lowest BCUT2D eigenvalue weighted by Crippen LogP contribution is -2.35. The van der Waals surface area contributed by atoms with Crippen molar-refractivity contribution in [3.63, 3.8) is 0 Å². The van der Waals surface area contributed by atoms with Crippen molar-refractivity contribution < 1.29 is 0 Å². The Morgan fingerprint density at radius 1 is 1.24 bits per heavy atom. The molecule has 0 radical (unpaired) electrons. The van der Waals surface area contributed by atoms with Gasteiger partial charge < -0.3 is 5.32 Å². The lowest BCUT2D eigenvalue weighted by Gasteiger charge is -2.21. The minimum Gasteiger partial charge on any atom is -0.308 e. The van der Waals surface area contributed by atoms with Crippen LogP contribution in [0, 0.1) is 6.92 Å². The molecule has 0 aliphatic carbocycles. The number of benzene rings is 1. The second-order valence-corrected chi connectivity index (χ2v) is 7.98. The maximum Gasteiger partial charge on any atom is 0.115 e. The van der Waals surface area contributed by atoms with Gasteiger partial charge in [-0.1, -0.05) is 23.9 Å². The van der Waals surface area contributed by atoms with Gasteiger partial charge in [0.05, 0.1) is 4.47 Å². The van der Waals surface area contributed by atoms with Gasteiger partial charge in [-0.25, -0.2) is 4.98 Å². The molecule has 0 amide bonds. The largest absolute Gasteiger partial charge is 0.308 e. The summed E-state index contributed by atoms with van der Waals surface area (Å²) in [4.78, 5) is 5.65. The third-order valence-electron chi connectivity index (χ3n) is 2.99. The molecule has 0 atom stereocenters. The van der Waals surface area contributed by atoms with Gasteiger partial charge in [0, 0.05) is 23.2 Å². The minimum atomic E-state index is 0.139. The minimum absolute atomic E-state index is 0.139. The SMILES string of the molecule is Cc1cc(CNC(C)(C)C)ccc1Sc1ncccc1Br. The highest BCUT2D eigenvalue weighted by Gasteiger charge is 2.10. The molecule has 1 aromatic carbocycles. The summed E-state index contributed by atoms with van der Waals surface area (Å²) in [5.74, 6) is 0. The number of hydrogen-bond acceptors (Lipinski definition) is 3. The van der Waals surface area contributed by atoms with Crippen LogP contribution in [0.2, 0.25) is 0 Å². The Morgan fingerprint density at radius 3 is 2.62 bits per heavy atom. The lowest BCUT2D eigenvalue weighted by atomic mass is 10.1. The summed E-state index contributed by atoms with van der Waals surface area (Å²) < 4.78 is 1.04. The van der Waals surface area contributed by atoms with Gasteiger partial charge in [-0.15, -0.1) is 0 Å². The van der Waals surface area contributed by atoms with Crippen molar-refractivity contribution in [2.75, 3.05) is 0 Å². The van der Waals surface area contributed by atoms with Crippen LogP contribution in [0.3, 0.4) is 0 Å². The maximum atomic E-state index is 4.41. The highest BCUT2D eigenvalue weighted by Crippen LogP contribution is 2.33. The molecule has 0 spiro atoms. The number of nitrogens with zero attached hydrogens (tertiary/aromatic N) is 1. The molecule has 2 nitrogen and oxygen atoms in total. The van der Waals surface area contributed by atoms with E-state index in [4.69, 9.17) is 0 Å². The summed E-state index contributed by atoms with van der Waals surface area (Å²) in [7, 11) is 0. The first-order valence-corrected chi connectivity index (χ1v) is 8.59. The number of aromatic nitrogens is 1. The number of pyridine rings is 1. The van der Waals surface area contributed by atoms with Crippen molar-refractivity contribution in [2.24, 2.45) is 0 Å². The zero-order valence-electron chi connectivity index (χ0n) is 12.9. The smallest absolute Gasteiger partial charge is 0.115 e. The fraction of sp³-hybridized carbons (Fsp3) is 0.353. The Labute approximate surface area is 139 Å². The van der Waals surface area contributed by atoms with Crippen LogP contribution in [0.25, 0.3) is 0 Å². The van der Waals surface area contributed by atoms with E-state index in [2.05, 4.69) is 72.1 Å². The summed E-state index contributed by atoms with van der Waals surface area (Å²) in [5.41, 5.74) is 2.73. The average Bonchev–Trinajstić information content (AvgIpc) is 2.41. The van der Waals surface area contributed by atoms with Crippen LogP contribution in [0.4, 0.5) is 0 Å². The van der Waals surface area contributed by atoms with Gasteiger partial charge in [-0.05, 0) is 73.0 Å². The van der Waals surface area contributed by atoms with Gasteiger partial charge in [0.25, 0.3) is 0 Å². The molecule has 0 aliphatic heterocycles. The second kappa shape index (κ2) is 6.95. The Morgan fingerprint density at radius 2 is 2.00 bits per heavy atom. The van der Waals surface area contributed by atoms with Gasteiger partial charge in [0.1, 0.15) is 5.03 Å². The number of nitrogens with one attached hydrogen (secondary N) is 1. The van der Waals surface area contributed by atoms with Crippen LogP contribution in [-0.2, 0) is 6.54 Å². The molecule has 112 valence electrons. The molecule has 1 heterocycles. The summed E-state index contributed by atoms with van der Waals surface area (Å²) in [6.45, 7) is 9.59. The van der Waals surface area contributed by atoms with Gasteiger partial charge >= 0.3 is 0 Å².